The van der Waals surface area contributed by atoms with Crippen LogP contribution < -0.4 is 10.1 Å². The molecule has 1 N–H and O–H groups in total. The first kappa shape index (κ1) is 14.1. The van der Waals surface area contributed by atoms with Crippen LogP contribution >= 0.6 is 0 Å². The lowest BCUT2D eigenvalue weighted by atomic mass is 10.2. The van der Waals surface area contributed by atoms with E-state index < -0.39 is 0 Å². The molecule has 1 heterocycles. The zero-order valence-corrected chi connectivity index (χ0v) is 11.8. The first-order chi connectivity index (χ1) is 9.72. The number of carbonyl (C=O) groups is 1. The maximum atomic E-state index is 11.8. The fourth-order valence-corrected chi connectivity index (χ4v) is 1.84. The van der Waals surface area contributed by atoms with Crippen molar-refractivity contribution in [1.29, 1.82) is 0 Å². The number of hydrogen-bond donors (Lipinski definition) is 1. The summed E-state index contributed by atoms with van der Waals surface area (Å²) in [7, 11) is 0. The Hall–Kier alpha value is -2.30. The molecule has 106 valence electrons. The molecule has 0 aliphatic rings. The van der Waals surface area contributed by atoms with Gasteiger partial charge in [-0.15, -0.1) is 0 Å². The molecule has 5 heteroatoms. The molecule has 0 bridgehead atoms. The summed E-state index contributed by atoms with van der Waals surface area (Å²) >= 11 is 0. The number of aryl methyl sites for hydroxylation is 2. The number of carbonyl (C=O) groups excluding carboxylic acids is 1. The maximum Gasteiger partial charge on any atom is 0.263 e. The quantitative estimate of drug-likeness (QED) is 0.879. The molecule has 0 aliphatic heterocycles. The Morgan fingerprint density at radius 1 is 1.25 bits per heavy atom. The van der Waals surface area contributed by atoms with Crippen LogP contribution in [0.3, 0.4) is 0 Å². The monoisotopic (exact) mass is 273 g/mol. The third kappa shape index (κ3) is 3.60. The standard InChI is InChI=1S/C15H19N3O2/c1-3-12-5-7-13(8-6-12)20-11-15(19)17-14-9-10-16-18(14)4-2/h5-10H,3-4,11H2,1-2H3,(H,17,19). The molecule has 1 aromatic carbocycles. The second kappa shape index (κ2) is 6.75. The van der Waals surface area contributed by atoms with Crippen LogP contribution in [0.2, 0.25) is 0 Å². The SMILES string of the molecule is CCc1ccc(OCC(=O)Nc2ccnn2CC)cc1. The molecule has 0 spiro atoms. The predicted molar refractivity (Wildman–Crippen MR) is 77.8 cm³/mol. The number of hydrogen-bond acceptors (Lipinski definition) is 3. The summed E-state index contributed by atoms with van der Waals surface area (Å²) in [5, 5.41) is 6.86. The number of nitrogens with zero attached hydrogens (tertiary/aromatic N) is 2. The van der Waals surface area contributed by atoms with E-state index in [9.17, 15) is 4.79 Å². The fourth-order valence-electron chi connectivity index (χ4n) is 1.84. The molecule has 0 saturated heterocycles. The van der Waals surface area contributed by atoms with Gasteiger partial charge in [0.25, 0.3) is 5.91 Å². The molecule has 0 radical (unpaired) electrons. The number of aromatic nitrogens is 2. The first-order valence-electron chi connectivity index (χ1n) is 6.76. The molecule has 1 amide bonds. The summed E-state index contributed by atoms with van der Waals surface area (Å²) in [4.78, 5) is 11.8. The normalized spacial score (nSPS) is 10.3. The molecular weight excluding hydrogens is 254 g/mol. The van der Waals surface area contributed by atoms with Gasteiger partial charge in [-0.1, -0.05) is 19.1 Å². The van der Waals surface area contributed by atoms with Gasteiger partial charge in [-0.25, -0.2) is 4.68 Å². The molecule has 0 saturated carbocycles. The van der Waals surface area contributed by atoms with E-state index in [0.29, 0.717) is 18.1 Å². The average molecular weight is 273 g/mol. The van der Waals surface area contributed by atoms with Gasteiger partial charge in [0, 0.05) is 12.6 Å². The number of anilines is 1. The van der Waals surface area contributed by atoms with Crippen LogP contribution in [-0.4, -0.2) is 22.3 Å². The van der Waals surface area contributed by atoms with Crippen molar-refractivity contribution >= 4 is 11.7 Å². The zero-order valence-electron chi connectivity index (χ0n) is 11.8. The highest BCUT2D eigenvalue weighted by molar-refractivity contribution is 5.91. The van der Waals surface area contributed by atoms with Crippen LogP contribution in [0.15, 0.2) is 36.5 Å². The number of nitrogens with one attached hydrogen (secondary N) is 1. The average Bonchev–Trinajstić information content (AvgIpc) is 2.92. The molecule has 2 aromatic rings. The third-order valence-electron chi connectivity index (χ3n) is 2.99. The van der Waals surface area contributed by atoms with Gasteiger partial charge < -0.3 is 10.1 Å². The largest absolute Gasteiger partial charge is 0.484 e. The Morgan fingerprint density at radius 3 is 2.65 bits per heavy atom. The maximum absolute atomic E-state index is 11.8. The summed E-state index contributed by atoms with van der Waals surface area (Å²) in [6, 6.07) is 9.51. The van der Waals surface area contributed by atoms with Crippen LogP contribution in [0, 0.1) is 0 Å². The number of ether oxygens (including phenoxy) is 1. The second-order valence-electron chi connectivity index (χ2n) is 4.37. The smallest absolute Gasteiger partial charge is 0.263 e. The summed E-state index contributed by atoms with van der Waals surface area (Å²) in [5.74, 6) is 1.18. The Morgan fingerprint density at radius 2 is 2.00 bits per heavy atom. The van der Waals surface area contributed by atoms with E-state index >= 15 is 0 Å². The summed E-state index contributed by atoms with van der Waals surface area (Å²) in [6.07, 6.45) is 2.64. The van der Waals surface area contributed by atoms with E-state index in [0.717, 1.165) is 6.42 Å². The lowest BCUT2D eigenvalue weighted by molar-refractivity contribution is -0.118. The van der Waals surface area contributed by atoms with Crippen LogP contribution in [0.25, 0.3) is 0 Å². The molecule has 20 heavy (non-hydrogen) atoms. The Bertz CT molecular complexity index is 561. The number of rotatable bonds is 6. The van der Waals surface area contributed by atoms with Gasteiger partial charge in [0.1, 0.15) is 11.6 Å². The van der Waals surface area contributed by atoms with Crippen molar-refractivity contribution in [1.82, 2.24) is 9.78 Å². The number of benzene rings is 1. The number of amides is 1. The molecule has 0 atom stereocenters. The van der Waals surface area contributed by atoms with Crippen molar-refractivity contribution in [3.8, 4) is 5.75 Å². The van der Waals surface area contributed by atoms with Gasteiger partial charge >= 0.3 is 0 Å². The van der Waals surface area contributed by atoms with Gasteiger partial charge in [0.05, 0.1) is 6.20 Å². The van der Waals surface area contributed by atoms with Gasteiger partial charge in [-0.2, -0.15) is 5.10 Å². The van der Waals surface area contributed by atoms with Crippen molar-refractivity contribution in [2.45, 2.75) is 26.8 Å². The molecule has 1 aromatic heterocycles. The van der Waals surface area contributed by atoms with Gasteiger partial charge in [-0.3, -0.25) is 4.79 Å². The van der Waals surface area contributed by atoms with Crippen molar-refractivity contribution < 1.29 is 9.53 Å². The zero-order chi connectivity index (χ0) is 14.4. The minimum atomic E-state index is -0.195. The summed E-state index contributed by atoms with van der Waals surface area (Å²) < 4.78 is 7.16. The molecular formula is C15H19N3O2. The fraction of sp³-hybridized carbons (Fsp3) is 0.333. The van der Waals surface area contributed by atoms with Crippen LogP contribution in [0.5, 0.6) is 5.75 Å². The third-order valence-corrected chi connectivity index (χ3v) is 2.99. The minimum Gasteiger partial charge on any atom is -0.484 e. The first-order valence-corrected chi connectivity index (χ1v) is 6.76. The molecule has 0 unspecified atom stereocenters. The van der Waals surface area contributed by atoms with Gasteiger partial charge in [0.2, 0.25) is 0 Å². The van der Waals surface area contributed by atoms with Gasteiger partial charge in [0.15, 0.2) is 6.61 Å². The Balaban J connectivity index is 1.85. The molecule has 2 rings (SSSR count). The van der Waals surface area contributed by atoms with Crippen molar-refractivity contribution in [2.75, 3.05) is 11.9 Å². The van der Waals surface area contributed by atoms with Crippen LogP contribution in [-0.2, 0) is 17.8 Å². The second-order valence-corrected chi connectivity index (χ2v) is 4.37. The summed E-state index contributed by atoms with van der Waals surface area (Å²) in [5.41, 5.74) is 1.24. The molecule has 0 fully saturated rings. The van der Waals surface area contributed by atoms with E-state index in [4.69, 9.17) is 4.74 Å². The van der Waals surface area contributed by atoms with E-state index in [1.54, 1.807) is 16.9 Å². The van der Waals surface area contributed by atoms with E-state index in [1.807, 2.05) is 31.2 Å². The Labute approximate surface area is 118 Å². The van der Waals surface area contributed by atoms with E-state index in [1.165, 1.54) is 5.56 Å². The Kier molecular flexibility index (Phi) is 4.76. The summed E-state index contributed by atoms with van der Waals surface area (Å²) in [6.45, 7) is 4.76. The highest BCUT2D eigenvalue weighted by Crippen LogP contribution is 2.12. The lowest BCUT2D eigenvalue weighted by Crippen LogP contribution is -2.22. The van der Waals surface area contributed by atoms with Gasteiger partial charge in [-0.05, 0) is 31.0 Å². The highest BCUT2D eigenvalue weighted by atomic mass is 16.5. The topological polar surface area (TPSA) is 56.1 Å². The lowest BCUT2D eigenvalue weighted by Gasteiger charge is -2.09. The van der Waals surface area contributed by atoms with Crippen LogP contribution in [0.1, 0.15) is 19.4 Å². The van der Waals surface area contributed by atoms with Crippen molar-refractivity contribution in [3.05, 3.63) is 42.1 Å². The van der Waals surface area contributed by atoms with E-state index in [-0.39, 0.29) is 12.5 Å². The molecule has 0 aliphatic carbocycles. The van der Waals surface area contributed by atoms with Crippen LogP contribution in [0.4, 0.5) is 5.82 Å². The molecule has 5 nitrogen and oxygen atoms in total. The minimum absolute atomic E-state index is 0.0135. The van der Waals surface area contributed by atoms with Crippen molar-refractivity contribution in [2.24, 2.45) is 0 Å². The van der Waals surface area contributed by atoms with Crippen molar-refractivity contribution in [3.63, 3.8) is 0 Å². The van der Waals surface area contributed by atoms with E-state index in [2.05, 4.69) is 17.3 Å². The predicted octanol–water partition coefficient (Wildman–Crippen LogP) is 2.48. The highest BCUT2D eigenvalue weighted by Gasteiger charge is 2.07.